The fraction of sp³-hybridized carbons (Fsp3) is 0.208. The second-order valence-electron chi connectivity index (χ2n) is 7.35. The van der Waals surface area contributed by atoms with Gasteiger partial charge in [-0.1, -0.05) is 59.6 Å². The molecule has 0 aliphatic carbocycles. The Morgan fingerprint density at radius 1 is 1.10 bits per heavy atom. The number of halogens is 2. The average Bonchev–Trinajstić information content (AvgIpc) is 2.73. The molecule has 1 aliphatic heterocycles. The molecule has 2 aromatic carbocycles. The van der Waals surface area contributed by atoms with Crippen molar-refractivity contribution < 1.29 is 5.11 Å². The number of hydrogen-bond donors (Lipinski definition) is 1. The second kappa shape index (κ2) is 8.58. The lowest BCUT2D eigenvalue weighted by Crippen LogP contribution is -2.28. The van der Waals surface area contributed by atoms with Crippen LogP contribution in [0.2, 0.25) is 10.0 Å². The van der Waals surface area contributed by atoms with Crippen LogP contribution in [0.3, 0.4) is 0 Å². The molecule has 0 spiro atoms. The number of nitrogens with zero attached hydrogens (tertiary/aromatic N) is 2. The molecule has 0 amide bonds. The van der Waals surface area contributed by atoms with Crippen LogP contribution in [-0.4, -0.2) is 28.1 Å². The zero-order valence-electron chi connectivity index (χ0n) is 16.2. The third-order valence-corrected chi connectivity index (χ3v) is 5.93. The highest BCUT2D eigenvalue weighted by atomic mass is 35.5. The van der Waals surface area contributed by atoms with Crippen LogP contribution in [0.4, 0.5) is 0 Å². The number of aromatic hydroxyl groups is 1. The lowest BCUT2D eigenvalue weighted by atomic mass is 10.0. The van der Waals surface area contributed by atoms with Crippen LogP contribution in [-0.2, 0) is 6.54 Å². The molecule has 1 N–H and O–H groups in total. The van der Waals surface area contributed by atoms with Crippen LogP contribution in [0.15, 0.2) is 60.2 Å². The molecule has 29 heavy (non-hydrogen) atoms. The Morgan fingerprint density at radius 2 is 1.93 bits per heavy atom. The van der Waals surface area contributed by atoms with E-state index in [2.05, 4.69) is 53.2 Å². The molecule has 0 atom stereocenters. The van der Waals surface area contributed by atoms with Crippen LogP contribution in [0, 0.1) is 6.92 Å². The van der Waals surface area contributed by atoms with Crippen LogP contribution in [0.1, 0.15) is 23.2 Å². The number of aryl methyl sites for hydroxylation is 1. The molecule has 148 valence electrons. The third-order valence-electron chi connectivity index (χ3n) is 5.33. The van der Waals surface area contributed by atoms with Crippen molar-refractivity contribution in [2.75, 3.05) is 13.1 Å². The van der Waals surface area contributed by atoms with E-state index >= 15 is 0 Å². The maximum Gasteiger partial charge on any atom is 0.160 e. The van der Waals surface area contributed by atoms with Crippen molar-refractivity contribution in [2.24, 2.45) is 0 Å². The van der Waals surface area contributed by atoms with E-state index in [1.807, 2.05) is 18.2 Å². The summed E-state index contributed by atoms with van der Waals surface area (Å²) in [4.78, 5) is 6.97. The quantitative estimate of drug-likeness (QED) is 0.525. The third kappa shape index (κ3) is 4.48. The Morgan fingerprint density at radius 3 is 2.69 bits per heavy atom. The summed E-state index contributed by atoms with van der Waals surface area (Å²) >= 11 is 12.2. The first-order valence-electron chi connectivity index (χ1n) is 9.63. The molecule has 0 saturated carbocycles. The van der Waals surface area contributed by atoms with Gasteiger partial charge in [-0.15, -0.1) is 0 Å². The lowest BCUT2D eigenvalue weighted by Gasteiger charge is -2.26. The summed E-state index contributed by atoms with van der Waals surface area (Å²) < 4.78 is 0. The maximum absolute atomic E-state index is 10.2. The van der Waals surface area contributed by atoms with E-state index in [0.29, 0.717) is 15.9 Å². The molecular weight excluding hydrogens is 403 g/mol. The maximum atomic E-state index is 10.2. The van der Waals surface area contributed by atoms with Gasteiger partial charge in [-0.2, -0.15) is 0 Å². The number of phenols is 1. The molecule has 0 bridgehead atoms. The number of phenolic OH excluding ortho intramolecular Hbond substituents is 1. The van der Waals surface area contributed by atoms with Crippen LogP contribution >= 0.6 is 23.2 Å². The highest BCUT2D eigenvalue weighted by Gasteiger charge is 2.13. The number of hydrogen-bond acceptors (Lipinski definition) is 3. The Kier molecular flexibility index (Phi) is 5.91. The first kappa shape index (κ1) is 20.0. The van der Waals surface area contributed by atoms with E-state index in [9.17, 15) is 5.11 Å². The summed E-state index contributed by atoms with van der Waals surface area (Å²) in [6, 6.07) is 13.8. The Bertz CT molecular complexity index is 1120. The molecular formula is C24H22Cl2N2O. The zero-order valence-corrected chi connectivity index (χ0v) is 17.7. The van der Waals surface area contributed by atoms with Gasteiger partial charge < -0.3 is 5.11 Å². The highest BCUT2D eigenvalue weighted by Crippen LogP contribution is 2.36. The van der Waals surface area contributed by atoms with Crippen molar-refractivity contribution in [3.05, 3.63) is 87.1 Å². The SMILES string of the molecule is Cc1ccccc1CN1CC=C(C=Cc2ccc3c(Cl)cc(Cl)c(O)c3n2)CC1. The van der Waals surface area contributed by atoms with E-state index in [1.165, 1.54) is 22.8 Å². The molecule has 0 fully saturated rings. The molecule has 3 nitrogen and oxygen atoms in total. The van der Waals surface area contributed by atoms with Crippen LogP contribution < -0.4 is 0 Å². The van der Waals surface area contributed by atoms with E-state index in [-0.39, 0.29) is 10.8 Å². The largest absolute Gasteiger partial charge is 0.504 e. The van der Waals surface area contributed by atoms with E-state index in [1.54, 1.807) is 0 Å². The number of allylic oxidation sites excluding steroid dienone is 1. The van der Waals surface area contributed by atoms with Gasteiger partial charge in [0.25, 0.3) is 0 Å². The molecule has 5 heteroatoms. The first-order chi connectivity index (χ1) is 14.0. The second-order valence-corrected chi connectivity index (χ2v) is 8.16. The zero-order chi connectivity index (χ0) is 20.4. The van der Waals surface area contributed by atoms with Gasteiger partial charge in [0.2, 0.25) is 0 Å². The van der Waals surface area contributed by atoms with Crippen molar-refractivity contribution >= 4 is 40.2 Å². The monoisotopic (exact) mass is 424 g/mol. The Labute approximate surface area is 180 Å². The van der Waals surface area contributed by atoms with E-state index in [0.717, 1.165) is 31.7 Å². The normalized spacial score (nSPS) is 15.2. The Hall–Kier alpha value is -2.33. The number of fused-ring (bicyclic) bond motifs is 1. The number of aromatic nitrogens is 1. The molecule has 3 aromatic rings. The first-order valence-corrected chi connectivity index (χ1v) is 10.4. The molecule has 0 radical (unpaired) electrons. The standard InChI is InChI=1S/C24H22Cl2N2O/c1-16-4-2-3-5-18(16)15-28-12-10-17(11-13-28)6-7-19-8-9-20-21(25)14-22(26)24(29)23(20)27-19/h2-10,14,29H,11-13,15H2,1H3. The van der Waals surface area contributed by atoms with Crippen molar-refractivity contribution in [3.8, 4) is 5.75 Å². The van der Waals surface area contributed by atoms with Gasteiger partial charge in [0, 0.05) is 25.0 Å². The average molecular weight is 425 g/mol. The minimum atomic E-state index is -0.0370. The van der Waals surface area contributed by atoms with Gasteiger partial charge in [-0.25, -0.2) is 4.98 Å². The topological polar surface area (TPSA) is 36.4 Å². The smallest absolute Gasteiger partial charge is 0.160 e. The van der Waals surface area contributed by atoms with Crippen molar-refractivity contribution in [1.82, 2.24) is 9.88 Å². The number of pyridine rings is 1. The van der Waals surface area contributed by atoms with Gasteiger partial charge >= 0.3 is 0 Å². The summed E-state index contributed by atoms with van der Waals surface area (Å²) in [7, 11) is 0. The van der Waals surface area contributed by atoms with Crippen LogP contribution in [0.25, 0.3) is 17.0 Å². The van der Waals surface area contributed by atoms with Gasteiger partial charge in [0.05, 0.1) is 15.7 Å². The molecule has 1 aromatic heterocycles. The van der Waals surface area contributed by atoms with Gasteiger partial charge in [0.15, 0.2) is 5.75 Å². The van der Waals surface area contributed by atoms with Crippen LogP contribution in [0.5, 0.6) is 5.75 Å². The highest BCUT2D eigenvalue weighted by molar-refractivity contribution is 6.39. The van der Waals surface area contributed by atoms with E-state index in [4.69, 9.17) is 23.2 Å². The minimum Gasteiger partial charge on any atom is -0.504 e. The predicted molar refractivity (Wildman–Crippen MR) is 122 cm³/mol. The predicted octanol–water partition coefficient (Wildman–Crippen LogP) is 6.40. The van der Waals surface area contributed by atoms with Crippen molar-refractivity contribution in [1.29, 1.82) is 0 Å². The molecule has 4 rings (SSSR count). The van der Waals surface area contributed by atoms with Gasteiger partial charge in [-0.3, -0.25) is 4.90 Å². The Balaban J connectivity index is 1.46. The summed E-state index contributed by atoms with van der Waals surface area (Å²) in [5.74, 6) is -0.0370. The number of rotatable bonds is 4. The van der Waals surface area contributed by atoms with Crippen molar-refractivity contribution in [3.63, 3.8) is 0 Å². The summed E-state index contributed by atoms with van der Waals surface area (Å²) in [6.07, 6.45) is 7.34. The lowest BCUT2D eigenvalue weighted by molar-refractivity contribution is 0.287. The molecule has 2 heterocycles. The fourth-order valence-corrected chi connectivity index (χ4v) is 4.07. The van der Waals surface area contributed by atoms with E-state index < -0.39 is 0 Å². The van der Waals surface area contributed by atoms with Crippen molar-refractivity contribution in [2.45, 2.75) is 19.9 Å². The molecule has 0 unspecified atom stereocenters. The summed E-state index contributed by atoms with van der Waals surface area (Å²) in [5, 5.41) is 11.6. The number of benzene rings is 2. The summed E-state index contributed by atoms with van der Waals surface area (Å²) in [5.41, 5.74) is 5.20. The molecule has 1 aliphatic rings. The van der Waals surface area contributed by atoms with Gasteiger partial charge in [-0.05, 0) is 54.3 Å². The summed E-state index contributed by atoms with van der Waals surface area (Å²) in [6.45, 7) is 5.11. The van der Waals surface area contributed by atoms with Gasteiger partial charge in [0.1, 0.15) is 5.52 Å². The minimum absolute atomic E-state index is 0.0370. The fourth-order valence-electron chi connectivity index (χ4n) is 3.55. The molecule has 0 saturated heterocycles.